The first kappa shape index (κ1) is 13.1. The van der Waals surface area contributed by atoms with Gasteiger partial charge in [-0.2, -0.15) is 0 Å². The van der Waals surface area contributed by atoms with Crippen LogP contribution in [0.15, 0.2) is 24.3 Å². The van der Waals surface area contributed by atoms with Crippen LogP contribution in [0.1, 0.15) is 29.2 Å². The molecule has 1 aliphatic rings. The number of sulfone groups is 1. The third kappa shape index (κ3) is 2.56. The molecule has 0 heterocycles. The molecule has 1 atom stereocenters. The summed E-state index contributed by atoms with van der Waals surface area (Å²) in [7, 11) is -1.97. The number of rotatable bonds is 3. The van der Waals surface area contributed by atoms with Gasteiger partial charge in [-0.15, -0.1) is 0 Å². The van der Waals surface area contributed by atoms with Crippen LogP contribution in [0.2, 0.25) is 0 Å². The molecule has 0 aliphatic heterocycles. The molecule has 0 aromatic heterocycles. The van der Waals surface area contributed by atoms with E-state index in [-0.39, 0.29) is 0 Å². The number of hydrogen-bond donors (Lipinski definition) is 1. The smallest absolute Gasteiger partial charge is 0.234 e. The lowest BCUT2D eigenvalue weighted by Gasteiger charge is -2.25. The molecule has 0 fully saturated rings. The highest BCUT2D eigenvalue weighted by molar-refractivity contribution is 7.92. The topological polar surface area (TPSA) is 63.2 Å². The molecule has 0 saturated carbocycles. The van der Waals surface area contributed by atoms with Gasteiger partial charge in [0.1, 0.15) is 5.75 Å². The monoisotopic (exact) mass is 267 g/mol. The largest absolute Gasteiger partial charge is 0.358 e. The summed E-state index contributed by atoms with van der Waals surface area (Å²) in [5, 5.41) is 1.84. The lowest BCUT2D eigenvalue weighted by atomic mass is 9.91. The molecule has 1 amide bonds. The molecule has 1 aromatic carbocycles. The van der Waals surface area contributed by atoms with E-state index in [0.29, 0.717) is 6.42 Å². The molecule has 0 bridgehead atoms. The van der Waals surface area contributed by atoms with Crippen LogP contribution in [0.25, 0.3) is 0 Å². The Hall–Kier alpha value is -1.36. The summed E-state index contributed by atoms with van der Waals surface area (Å²) in [4.78, 5) is 11.3. The third-order valence-corrected chi connectivity index (χ3v) is 5.38. The minimum atomic E-state index is -3.42. The Morgan fingerprint density at radius 2 is 2.11 bits per heavy atom. The van der Waals surface area contributed by atoms with Crippen molar-refractivity contribution in [1.82, 2.24) is 5.32 Å². The van der Waals surface area contributed by atoms with Gasteiger partial charge in [-0.05, 0) is 30.4 Å². The molecule has 5 heteroatoms. The Labute approximate surface area is 107 Å². The number of nitrogens with one attached hydrogen (secondary N) is 1. The Morgan fingerprint density at radius 1 is 1.39 bits per heavy atom. The van der Waals surface area contributed by atoms with Crippen LogP contribution in [-0.2, 0) is 21.1 Å². The summed E-state index contributed by atoms with van der Waals surface area (Å²) in [6, 6.07) is 7.61. The molecule has 0 spiro atoms. The number of amides is 1. The van der Waals surface area contributed by atoms with Crippen molar-refractivity contribution >= 4 is 15.7 Å². The first-order valence-corrected chi connectivity index (χ1v) is 7.76. The maximum atomic E-state index is 12.3. The molecule has 4 nitrogen and oxygen atoms in total. The van der Waals surface area contributed by atoms with Crippen molar-refractivity contribution in [3.05, 3.63) is 35.4 Å². The average Bonchev–Trinajstić information content (AvgIpc) is 2.37. The fourth-order valence-corrected chi connectivity index (χ4v) is 4.29. The summed E-state index contributed by atoms with van der Waals surface area (Å²) < 4.78 is 24.5. The van der Waals surface area contributed by atoms with Gasteiger partial charge in [0.2, 0.25) is 5.91 Å². The highest BCUT2D eigenvalue weighted by Gasteiger charge is 2.32. The van der Waals surface area contributed by atoms with Crippen molar-refractivity contribution in [3.63, 3.8) is 0 Å². The lowest BCUT2D eigenvalue weighted by Crippen LogP contribution is -2.31. The Bertz CT molecular complexity index is 551. The number of fused-ring (bicyclic) bond motifs is 1. The van der Waals surface area contributed by atoms with Gasteiger partial charge in [-0.3, -0.25) is 4.79 Å². The van der Waals surface area contributed by atoms with Gasteiger partial charge in [0, 0.05) is 7.05 Å². The summed E-state index contributed by atoms with van der Waals surface area (Å²) >= 11 is 0. The first-order valence-electron chi connectivity index (χ1n) is 6.04. The highest BCUT2D eigenvalue weighted by Crippen LogP contribution is 2.35. The van der Waals surface area contributed by atoms with E-state index in [4.69, 9.17) is 0 Å². The molecule has 0 unspecified atom stereocenters. The van der Waals surface area contributed by atoms with E-state index in [2.05, 4.69) is 5.32 Å². The summed E-state index contributed by atoms with van der Waals surface area (Å²) in [6.45, 7) is 0. The Morgan fingerprint density at radius 3 is 2.83 bits per heavy atom. The van der Waals surface area contributed by atoms with Crippen molar-refractivity contribution in [3.8, 4) is 0 Å². The zero-order chi connectivity index (χ0) is 13.2. The number of carbonyl (C=O) groups excluding carboxylic acids is 1. The van der Waals surface area contributed by atoms with Crippen molar-refractivity contribution in [1.29, 1.82) is 0 Å². The fourth-order valence-electron chi connectivity index (χ4n) is 2.44. The van der Waals surface area contributed by atoms with Crippen LogP contribution in [0.5, 0.6) is 0 Å². The SMILES string of the molecule is CNC(=O)CS(=O)(=O)[C@H]1CCCc2ccccc21. The molecule has 98 valence electrons. The average molecular weight is 267 g/mol. The molecule has 0 saturated heterocycles. The minimum Gasteiger partial charge on any atom is -0.358 e. The maximum absolute atomic E-state index is 12.3. The van der Waals surface area contributed by atoms with Crippen LogP contribution >= 0.6 is 0 Å². The predicted octanol–water partition coefficient (Wildman–Crippen LogP) is 1.22. The molecule has 18 heavy (non-hydrogen) atoms. The Balaban J connectivity index is 2.33. The zero-order valence-electron chi connectivity index (χ0n) is 10.3. The minimum absolute atomic E-state index is 0.428. The number of aryl methyl sites for hydroxylation is 1. The highest BCUT2D eigenvalue weighted by atomic mass is 32.2. The molecule has 1 N–H and O–H groups in total. The van der Waals surface area contributed by atoms with E-state index in [1.165, 1.54) is 7.05 Å². The first-order chi connectivity index (χ1) is 8.54. The molecule has 0 radical (unpaired) electrons. The molecular weight excluding hydrogens is 250 g/mol. The molecule has 1 aromatic rings. The van der Waals surface area contributed by atoms with E-state index in [0.717, 1.165) is 24.0 Å². The van der Waals surface area contributed by atoms with Crippen LogP contribution in [0.3, 0.4) is 0 Å². The van der Waals surface area contributed by atoms with Crippen molar-refractivity contribution < 1.29 is 13.2 Å². The molecule has 1 aliphatic carbocycles. The van der Waals surface area contributed by atoms with Gasteiger partial charge in [0.05, 0.1) is 5.25 Å². The normalized spacial score (nSPS) is 19.1. The summed E-state index contributed by atoms with van der Waals surface area (Å²) in [5.41, 5.74) is 1.96. The quantitative estimate of drug-likeness (QED) is 0.895. The molecule has 2 rings (SSSR count). The second-order valence-electron chi connectivity index (χ2n) is 4.56. The van der Waals surface area contributed by atoms with Gasteiger partial charge in [-0.1, -0.05) is 24.3 Å². The van der Waals surface area contributed by atoms with E-state index in [1.807, 2.05) is 24.3 Å². The van der Waals surface area contributed by atoms with Gasteiger partial charge < -0.3 is 5.32 Å². The number of benzene rings is 1. The van der Waals surface area contributed by atoms with E-state index in [1.54, 1.807) is 0 Å². The van der Waals surface area contributed by atoms with Gasteiger partial charge in [0.15, 0.2) is 9.84 Å². The third-order valence-electron chi connectivity index (χ3n) is 3.36. The predicted molar refractivity (Wildman–Crippen MR) is 70.0 cm³/mol. The summed E-state index contributed by atoms with van der Waals surface area (Å²) in [5.74, 6) is -0.874. The van der Waals surface area contributed by atoms with Crippen molar-refractivity contribution in [2.24, 2.45) is 0 Å². The maximum Gasteiger partial charge on any atom is 0.234 e. The van der Waals surface area contributed by atoms with Crippen molar-refractivity contribution in [2.75, 3.05) is 12.8 Å². The number of hydrogen-bond acceptors (Lipinski definition) is 3. The standard InChI is InChI=1S/C13H17NO3S/c1-14-13(15)9-18(16,17)12-8-4-6-10-5-2-3-7-11(10)12/h2-3,5,7,12H,4,6,8-9H2,1H3,(H,14,15)/t12-/m0/s1. The van der Waals surface area contributed by atoms with Gasteiger partial charge >= 0.3 is 0 Å². The summed E-state index contributed by atoms with van der Waals surface area (Å²) in [6.07, 6.45) is 2.38. The van der Waals surface area contributed by atoms with Crippen LogP contribution in [-0.4, -0.2) is 27.1 Å². The van der Waals surface area contributed by atoms with Crippen LogP contribution < -0.4 is 5.32 Å². The second-order valence-corrected chi connectivity index (χ2v) is 6.74. The Kier molecular flexibility index (Phi) is 3.71. The van der Waals surface area contributed by atoms with Gasteiger partial charge in [0.25, 0.3) is 0 Å². The van der Waals surface area contributed by atoms with Gasteiger partial charge in [-0.25, -0.2) is 8.42 Å². The second kappa shape index (κ2) is 5.10. The number of carbonyl (C=O) groups is 1. The van der Waals surface area contributed by atoms with E-state index in [9.17, 15) is 13.2 Å². The van der Waals surface area contributed by atoms with E-state index < -0.39 is 26.7 Å². The van der Waals surface area contributed by atoms with Crippen molar-refractivity contribution in [2.45, 2.75) is 24.5 Å². The zero-order valence-corrected chi connectivity index (χ0v) is 11.2. The van der Waals surface area contributed by atoms with Crippen LogP contribution in [0, 0.1) is 0 Å². The lowest BCUT2D eigenvalue weighted by molar-refractivity contribution is -0.118. The molecular formula is C13H17NO3S. The van der Waals surface area contributed by atoms with Crippen LogP contribution in [0.4, 0.5) is 0 Å². The fraction of sp³-hybridized carbons (Fsp3) is 0.462. The van der Waals surface area contributed by atoms with E-state index >= 15 is 0 Å².